The van der Waals surface area contributed by atoms with Crippen molar-refractivity contribution >= 4 is 16.8 Å². The summed E-state index contributed by atoms with van der Waals surface area (Å²) in [6, 6.07) is 13.7. The largest absolute Gasteiger partial charge is 0.494 e. The Kier molecular flexibility index (Phi) is 4.80. The molecule has 0 atom stereocenters. The molecule has 1 aromatic carbocycles. The lowest BCUT2D eigenvalue weighted by Crippen LogP contribution is -2.43. The van der Waals surface area contributed by atoms with E-state index in [2.05, 4.69) is 9.88 Å². The van der Waals surface area contributed by atoms with Gasteiger partial charge in [0.25, 0.3) is 0 Å². The molecular weight excluding hydrogens is 328 g/mol. The molecule has 136 valence electrons. The van der Waals surface area contributed by atoms with E-state index in [0.29, 0.717) is 6.61 Å². The van der Waals surface area contributed by atoms with Crippen LogP contribution in [0.5, 0.6) is 5.75 Å². The number of hydrogen-bond acceptors (Lipinski definition) is 5. The maximum Gasteiger partial charge on any atom is 0.139 e. The van der Waals surface area contributed by atoms with Crippen LogP contribution in [0.3, 0.4) is 0 Å². The highest BCUT2D eigenvalue weighted by atomic mass is 16.5. The van der Waals surface area contributed by atoms with Gasteiger partial charge in [-0.2, -0.15) is 0 Å². The quantitative estimate of drug-likeness (QED) is 0.730. The predicted octanol–water partition coefficient (Wildman–Crippen LogP) is 3.88. The lowest BCUT2D eigenvalue weighted by molar-refractivity contribution is 0.0708. The van der Waals surface area contributed by atoms with Crippen LogP contribution in [0.1, 0.15) is 19.3 Å². The Morgan fingerprint density at radius 3 is 2.69 bits per heavy atom. The van der Waals surface area contributed by atoms with Gasteiger partial charge in [-0.25, -0.2) is 4.98 Å². The van der Waals surface area contributed by atoms with Crippen LogP contribution in [0.25, 0.3) is 11.0 Å². The van der Waals surface area contributed by atoms with Gasteiger partial charge in [-0.05, 0) is 43.5 Å². The van der Waals surface area contributed by atoms with E-state index in [1.807, 2.05) is 42.5 Å². The van der Waals surface area contributed by atoms with Crippen LogP contribution in [0.4, 0.5) is 5.82 Å². The van der Waals surface area contributed by atoms with Crippen LogP contribution < -0.4 is 9.64 Å². The van der Waals surface area contributed by atoms with E-state index in [-0.39, 0.29) is 12.0 Å². The molecule has 1 aliphatic rings. The monoisotopic (exact) mass is 352 g/mol. The van der Waals surface area contributed by atoms with E-state index in [4.69, 9.17) is 9.15 Å². The number of anilines is 1. The fourth-order valence-electron chi connectivity index (χ4n) is 3.71. The molecule has 0 spiro atoms. The van der Waals surface area contributed by atoms with E-state index in [1.165, 1.54) is 0 Å². The van der Waals surface area contributed by atoms with Crippen LogP contribution in [-0.4, -0.2) is 36.4 Å². The Morgan fingerprint density at radius 2 is 1.92 bits per heavy atom. The van der Waals surface area contributed by atoms with E-state index in [0.717, 1.165) is 54.9 Å². The Labute approximate surface area is 153 Å². The van der Waals surface area contributed by atoms with Gasteiger partial charge in [0, 0.05) is 31.3 Å². The van der Waals surface area contributed by atoms with Gasteiger partial charge in [0.15, 0.2) is 0 Å². The zero-order valence-electron chi connectivity index (χ0n) is 14.8. The summed E-state index contributed by atoms with van der Waals surface area (Å²) in [5.41, 5.74) is 0.792. The summed E-state index contributed by atoms with van der Waals surface area (Å²) in [6.07, 6.45) is 6.21. The first-order valence-electron chi connectivity index (χ1n) is 9.16. The highest BCUT2D eigenvalue weighted by Crippen LogP contribution is 2.37. The van der Waals surface area contributed by atoms with Crippen molar-refractivity contribution in [3.63, 3.8) is 0 Å². The molecule has 0 unspecified atom stereocenters. The molecule has 26 heavy (non-hydrogen) atoms. The Bertz CT molecular complexity index is 839. The number of benzene rings is 1. The molecule has 2 aromatic heterocycles. The number of hydrogen-bond donors (Lipinski definition) is 1. The zero-order valence-corrected chi connectivity index (χ0v) is 14.8. The van der Waals surface area contributed by atoms with Gasteiger partial charge in [-0.1, -0.05) is 18.2 Å². The molecule has 0 aliphatic carbocycles. The number of furan rings is 1. The number of aromatic nitrogens is 1. The van der Waals surface area contributed by atoms with Gasteiger partial charge < -0.3 is 19.2 Å². The Hall–Kier alpha value is -2.53. The zero-order chi connectivity index (χ0) is 17.8. The summed E-state index contributed by atoms with van der Waals surface area (Å²) in [5, 5.41) is 11.1. The van der Waals surface area contributed by atoms with Crippen LogP contribution >= 0.6 is 0 Å². The minimum Gasteiger partial charge on any atom is -0.494 e. The first kappa shape index (κ1) is 16.9. The second kappa shape index (κ2) is 7.38. The number of piperidine rings is 1. The molecule has 1 N–H and O–H groups in total. The summed E-state index contributed by atoms with van der Waals surface area (Å²) >= 11 is 0. The molecule has 4 rings (SSSR count). The standard InChI is InChI=1S/C21H24N2O3/c24-16-21(10-15-25-17-4-2-1-3-5-17)8-12-23(13-9-21)20-18-7-14-26-19(18)6-11-22-20/h1-7,11,14,24H,8-10,12-13,15-16H2. The van der Waals surface area contributed by atoms with Gasteiger partial charge in [-0.15, -0.1) is 0 Å². The minimum absolute atomic E-state index is 0.0738. The van der Waals surface area contributed by atoms with Crippen LogP contribution in [0.2, 0.25) is 0 Å². The molecule has 3 heterocycles. The van der Waals surface area contributed by atoms with E-state index >= 15 is 0 Å². The molecular formula is C21H24N2O3. The molecule has 3 aromatic rings. The fourth-order valence-corrected chi connectivity index (χ4v) is 3.71. The Balaban J connectivity index is 1.38. The Morgan fingerprint density at radius 1 is 1.12 bits per heavy atom. The summed E-state index contributed by atoms with van der Waals surface area (Å²) in [6.45, 7) is 2.58. The van der Waals surface area contributed by atoms with Crippen LogP contribution in [0, 0.1) is 5.41 Å². The number of para-hydroxylation sites is 1. The maximum atomic E-state index is 10.0. The van der Waals surface area contributed by atoms with Crippen LogP contribution in [0.15, 0.2) is 59.3 Å². The number of ether oxygens (including phenoxy) is 1. The van der Waals surface area contributed by atoms with Crippen molar-refractivity contribution in [3.05, 3.63) is 54.9 Å². The number of aliphatic hydroxyl groups excluding tert-OH is 1. The lowest BCUT2D eigenvalue weighted by atomic mass is 9.76. The molecule has 0 amide bonds. The topological polar surface area (TPSA) is 58.7 Å². The van der Waals surface area contributed by atoms with Crippen molar-refractivity contribution < 1.29 is 14.3 Å². The average molecular weight is 352 g/mol. The highest BCUT2D eigenvalue weighted by molar-refractivity contribution is 5.88. The third kappa shape index (κ3) is 3.40. The van der Waals surface area contributed by atoms with Gasteiger partial charge >= 0.3 is 0 Å². The molecule has 5 heteroatoms. The molecule has 1 saturated heterocycles. The summed E-state index contributed by atoms with van der Waals surface area (Å²) in [7, 11) is 0. The van der Waals surface area contributed by atoms with Crippen molar-refractivity contribution in [3.8, 4) is 5.75 Å². The van der Waals surface area contributed by atoms with Gasteiger partial charge in [0.2, 0.25) is 0 Å². The molecule has 1 fully saturated rings. The van der Waals surface area contributed by atoms with Gasteiger partial charge in [0.05, 0.1) is 18.3 Å². The molecule has 0 saturated carbocycles. The fraction of sp³-hybridized carbons (Fsp3) is 0.381. The number of nitrogens with zero attached hydrogens (tertiary/aromatic N) is 2. The highest BCUT2D eigenvalue weighted by Gasteiger charge is 2.34. The molecule has 0 bridgehead atoms. The number of pyridine rings is 1. The van der Waals surface area contributed by atoms with Crippen molar-refractivity contribution in [2.45, 2.75) is 19.3 Å². The van der Waals surface area contributed by atoms with E-state index in [9.17, 15) is 5.11 Å². The second-order valence-electron chi connectivity index (χ2n) is 7.02. The smallest absolute Gasteiger partial charge is 0.139 e. The van der Waals surface area contributed by atoms with Crippen molar-refractivity contribution in [2.75, 3.05) is 31.2 Å². The van der Waals surface area contributed by atoms with Crippen LogP contribution in [-0.2, 0) is 0 Å². The molecule has 1 aliphatic heterocycles. The third-order valence-corrected chi connectivity index (χ3v) is 5.46. The summed E-state index contributed by atoms with van der Waals surface area (Å²) < 4.78 is 11.3. The number of fused-ring (bicyclic) bond motifs is 1. The first-order chi connectivity index (χ1) is 12.8. The SMILES string of the molecule is OCC1(CCOc2ccccc2)CCN(c2nccc3occc23)CC1. The number of aliphatic hydroxyl groups is 1. The van der Waals surface area contributed by atoms with Crippen molar-refractivity contribution in [2.24, 2.45) is 5.41 Å². The van der Waals surface area contributed by atoms with Gasteiger partial charge in [-0.3, -0.25) is 0 Å². The average Bonchev–Trinajstić information content (AvgIpc) is 3.18. The van der Waals surface area contributed by atoms with E-state index in [1.54, 1.807) is 12.5 Å². The summed E-state index contributed by atoms with van der Waals surface area (Å²) in [5.74, 6) is 1.86. The van der Waals surface area contributed by atoms with Crippen molar-refractivity contribution in [1.29, 1.82) is 0 Å². The van der Waals surface area contributed by atoms with E-state index < -0.39 is 0 Å². The summed E-state index contributed by atoms with van der Waals surface area (Å²) in [4.78, 5) is 6.85. The molecule has 0 radical (unpaired) electrons. The molecule has 5 nitrogen and oxygen atoms in total. The third-order valence-electron chi connectivity index (χ3n) is 5.46. The number of rotatable bonds is 6. The maximum absolute atomic E-state index is 10.0. The first-order valence-corrected chi connectivity index (χ1v) is 9.16. The predicted molar refractivity (Wildman–Crippen MR) is 102 cm³/mol. The second-order valence-corrected chi connectivity index (χ2v) is 7.02. The normalized spacial score (nSPS) is 16.7. The van der Waals surface area contributed by atoms with Gasteiger partial charge in [0.1, 0.15) is 17.2 Å². The lowest BCUT2D eigenvalue weighted by Gasteiger charge is -2.41. The minimum atomic E-state index is -0.0738. The van der Waals surface area contributed by atoms with Crippen molar-refractivity contribution in [1.82, 2.24) is 4.98 Å².